The molecule has 3 aromatic rings. The van der Waals surface area contributed by atoms with Crippen LogP contribution in [-0.2, 0) is 15.6 Å². The molecule has 0 aromatic heterocycles. The molecule has 0 radical (unpaired) electrons. The Morgan fingerprint density at radius 1 is 1.06 bits per heavy atom. The molecule has 0 heterocycles. The third-order valence-corrected chi connectivity index (χ3v) is 7.57. The second kappa shape index (κ2) is 10.5. The third kappa shape index (κ3) is 6.19. The fourth-order valence-corrected chi connectivity index (χ4v) is 5.07. The molecule has 0 spiro atoms. The summed E-state index contributed by atoms with van der Waals surface area (Å²) in [6, 6.07) is 15.9. The second-order valence-electron chi connectivity index (χ2n) is 7.57. The van der Waals surface area contributed by atoms with Crippen molar-refractivity contribution in [3.63, 3.8) is 0 Å². The summed E-state index contributed by atoms with van der Waals surface area (Å²) in [5, 5.41) is 6.23. The molecule has 3 rings (SSSR count). The van der Waals surface area contributed by atoms with Crippen molar-refractivity contribution in [2.75, 3.05) is 12.4 Å². The Morgan fingerprint density at radius 3 is 2.42 bits per heavy atom. The Labute approximate surface area is 203 Å². The molecule has 1 unspecified atom stereocenters. The maximum Gasteiger partial charge on any atom is 0.319 e. The number of rotatable bonds is 7. The van der Waals surface area contributed by atoms with Crippen LogP contribution in [0.25, 0.3) is 0 Å². The minimum atomic E-state index is -3.60. The van der Waals surface area contributed by atoms with Crippen LogP contribution in [0.3, 0.4) is 0 Å². The van der Waals surface area contributed by atoms with Crippen molar-refractivity contribution in [3.05, 3.63) is 87.4 Å². The number of halogens is 2. The first-order valence-corrected chi connectivity index (χ1v) is 12.5. The Hall–Kier alpha value is -2.74. The molecule has 0 fully saturated rings. The molecule has 0 bridgehead atoms. The predicted octanol–water partition coefficient (Wildman–Crippen LogP) is 6.17. The number of urea groups is 1. The van der Waals surface area contributed by atoms with Gasteiger partial charge < -0.3 is 15.4 Å². The fourth-order valence-electron chi connectivity index (χ4n) is 3.24. The summed E-state index contributed by atoms with van der Waals surface area (Å²) in [6.07, 6.45) is 0. The Kier molecular flexibility index (Phi) is 7.89. The Bertz CT molecular complexity index is 1260. The first-order chi connectivity index (χ1) is 15.6. The minimum absolute atomic E-state index is 0.102. The number of carbonyl (C=O) groups is 1. The summed E-state index contributed by atoms with van der Waals surface area (Å²) in [5.74, 6) is 0.0882. The van der Waals surface area contributed by atoms with E-state index in [0.717, 1.165) is 5.56 Å². The van der Waals surface area contributed by atoms with Gasteiger partial charge in [0.15, 0.2) is 9.84 Å². The molecule has 0 saturated carbocycles. The van der Waals surface area contributed by atoms with Gasteiger partial charge in [0.05, 0.1) is 39.5 Å². The number of aryl methyl sites for hydroxylation is 1. The number of nitrogens with one attached hydrogen (secondary N) is 2. The highest BCUT2D eigenvalue weighted by atomic mass is 35.5. The summed E-state index contributed by atoms with van der Waals surface area (Å²) in [5.41, 5.74) is 2.74. The molecule has 2 amide bonds. The molecule has 2 N–H and O–H groups in total. The van der Waals surface area contributed by atoms with E-state index in [2.05, 4.69) is 10.6 Å². The van der Waals surface area contributed by atoms with E-state index in [9.17, 15) is 13.2 Å². The molecular weight excluding hydrogens is 483 g/mol. The highest BCUT2D eigenvalue weighted by Gasteiger charge is 2.20. The minimum Gasteiger partial charge on any atom is -0.495 e. The normalized spacial score (nSPS) is 12.2. The van der Waals surface area contributed by atoms with Crippen LogP contribution in [0.4, 0.5) is 10.5 Å². The van der Waals surface area contributed by atoms with Crippen LogP contribution in [0.1, 0.15) is 29.7 Å². The molecule has 0 aliphatic heterocycles. The van der Waals surface area contributed by atoms with E-state index >= 15 is 0 Å². The van der Waals surface area contributed by atoms with E-state index in [1.165, 1.54) is 25.3 Å². The van der Waals surface area contributed by atoms with Gasteiger partial charge in [0.1, 0.15) is 5.75 Å². The summed E-state index contributed by atoms with van der Waals surface area (Å²) in [4.78, 5) is 12.6. The molecular formula is C24H24Cl2N2O4S. The number of amides is 2. The molecule has 0 saturated heterocycles. The van der Waals surface area contributed by atoms with Gasteiger partial charge in [0.2, 0.25) is 0 Å². The van der Waals surface area contributed by atoms with Crippen molar-refractivity contribution in [3.8, 4) is 5.75 Å². The van der Waals surface area contributed by atoms with Crippen molar-refractivity contribution in [1.29, 1.82) is 0 Å². The number of ether oxygens (including phenoxy) is 1. The molecule has 9 heteroatoms. The van der Waals surface area contributed by atoms with Gasteiger partial charge in [-0.1, -0.05) is 65.2 Å². The van der Waals surface area contributed by atoms with E-state index in [1.807, 2.05) is 19.1 Å². The van der Waals surface area contributed by atoms with E-state index in [-0.39, 0.29) is 16.4 Å². The lowest BCUT2D eigenvalue weighted by Crippen LogP contribution is -2.31. The SMILES string of the molecule is COc1cc(S(=O)(=O)Cc2ccc(C)cc2)ccc1NC(=O)NC(C)c1cccc(Cl)c1Cl. The molecule has 0 aliphatic carbocycles. The lowest BCUT2D eigenvalue weighted by Gasteiger charge is -2.18. The van der Waals surface area contributed by atoms with Crippen LogP contribution in [0, 0.1) is 6.92 Å². The van der Waals surface area contributed by atoms with Gasteiger partial charge in [0.25, 0.3) is 0 Å². The number of benzene rings is 3. The number of sulfone groups is 1. The van der Waals surface area contributed by atoms with Gasteiger partial charge in [-0.05, 0) is 43.2 Å². The van der Waals surface area contributed by atoms with Gasteiger partial charge in [-0.15, -0.1) is 0 Å². The lowest BCUT2D eigenvalue weighted by molar-refractivity contribution is 0.249. The summed E-state index contributed by atoms with van der Waals surface area (Å²) < 4.78 is 31.1. The highest BCUT2D eigenvalue weighted by Crippen LogP contribution is 2.31. The number of carbonyl (C=O) groups excluding carboxylic acids is 1. The molecule has 174 valence electrons. The number of methoxy groups -OCH3 is 1. The monoisotopic (exact) mass is 506 g/mol. The summed E-state index contributed by atoms with van der Waals surface area (Å²) >= 11 is 12.3. The van der Waals surface area contributed by atoms with E-state index in [4.69, 9.17) is 27.9 Å². The maximum absolute atomic E-state index is 12.9. The molecule has 0 aliphatic rings. The van der Waals surface area contributed by atoms with E-state index in [1.54, 1.807) is 37.3 Å². The number of hydrogen-bond donors (Lipinski definition) is 2. The topological polar surface area (TPSA) is 84.5 Å². The van der Waals surface area contributed by atoms with Crippen molar-refractivity contribution in [1.82, 2.24) is 5.32 Å². The third-order valence-electron chi connectivity index (χ3n) is 5.05. The average Bonchev–Trinajstić information content (AvgIpc) is 2.77. The molecule has 3 aromatic carbocycles. The second-order valence-corrected chi connectivity index (χ2v) is 10.3. The highest BCUT2D eigenvalue weighted by molar-refractivity contribution is 7.90. The van der Waals surface area contributed by atoms with Crippen molar-refractivity contribution < 1.29 is 17.9 Å². The fraction of sp³-hybridized carbons (Fsp3) is 0.208. The van der Waals surface area contributed by atoms with Crippen LogP contribution in [0.2, 0.25) is 10.0 Å². The van der Waals surface area contributed by atoms with E-state index in [0.29, 0.717) is 26.9 Å². The standard InChI is InChI=1S/C24H24Cl2N2O4S/c1-15-7-9-17(10-8-15)14-33(30,31)18-11-12-21(22(13-18)32-3)28-24(29)27-16(2)19-5-4-6-20(25)23(19)26/h4-13,16H,14H2,1-3H3,(H2,27,28,29). The van der Waals surface area contributed by atoms with Crippen LogP contribution < -0.4 is 15.4 Å². The number of hydrogen-bond acceptors (Lipinski definition) is 4. The quantitative estimate of drug-likeness (QED) is 0.401. The zero-order valence-electron chi connectivity index (χ0n) is 18.4. The van der Waals surface area contributed by atoms with Crippen LogP contribution >= 0.6 is 23.2 Å². The Balaban J connectivity index is 1.74. The van der Waals surface area contributed by atoms with Crippen LogP contribution in [-0.4, -0.2) is 21.6 Å². The van der Waals surface area contributed by atoms with Gasteiger partial charge in [-0.3, -0.25) is 0 Å². The van der Waals surface area contributed by atoms with Crippen molar-refractivity contribution in [2.24, 2.45) is 0 Å². The van der Waals surface area contributed by atoms with Crippen molar-refractivity contribution in [2.45, 2.75) is 30.5 Å². The van der Waals surface area contributed by atoms with Gasteiger partial charge in [0, 0.05) is 6.07 Å². The predicted molar refractivity (Wildman–Crippen MR) is 132 cm³/mol. The van der Waals surface area contributed by atoms with Crippen LogP contribution in [0.5, 0.6) is 5.75 Å². The first kappa shape index (κ1) is 24.9. The van der Waals surface area contributed by atoms with Gasteiger partial charge in [-0.25, -0.2) is 13.2 Å². The maximum atomic E-state index is 12.9. The molecule has 6 nitrogen and oxygen atoms in total. The summed E-state index contributed by atoms with van der Waals surface area (Å²) in [6.45, 7) is 3.71. The molecule has 1 atom stereocenters. The molecule has 33 heavy (non-hydrogen) atoms. The summed E-state index contributed by atoms with van der Waals surface area (Å²) in [7, 11) is -2.20. The van der Waals surface area contributed by atoms with E-state index < -0.39 is 21.9 Å². The zero-order chi connectivity index (χ0) is 24.2. The van der Waals surface area contributed by atoms with Crippen LogP contribution in [0.15, 0.2) is 65.6 Å². The zero-order valence-corrected chi connectivity index (χ0v) is 20.7. The Morgan fingerprint density at radius 2 is 1.76 bits per heavy atom. The van der Waals surface area contributed by atoms with Gasteiger partial charge >= 0.3 is 6.03 Å². The smallest absolute Gasteiger partial charge is 0.319 e. The first-order valence-electron chi connectivity index (χ1n) is 10.1. The van der Waals surface area contributed by atoms with Crippen molar-refractivity contribution >= 4 is 44.8 Å². The number of anilines is 1. The largest absolute Gasteiger partial charge is 0.495 e. The van der Waals surface area contributed by atoms with Gasteiger partial charge in [-0.2, -0.15) is 0 Å². The lowest BCUT2D eigenvalue weighted by atomic mass is 10.1. The average molecular weight is 507 g/mol.